The first-order chi connectivity index (χ1) is 14.8. The van der Waals surface area contributed by atoms with Crippen molar-refractivity contribution in [3.63, 3.8) is 0 Å². The third-order valence-electron chi connectivity index (χ3n) is 5.77. The van der Waals surface area contributed by atoms with Gasteiger partial charge in [-0.1, -0.05) is 24.3 Å². The van der Waals surface area contributed by atoms with Gasteiger partial charge in [0.25, 0.3) is 0 Å². The van der Waals surface area contributed by atoms with Gasteiger partial charge in [-0.3, -0.25) is 14.7 Å². The van der Waals surface area contributed by atoms with Crippen molar-refractivity contribution >= 4 is 5.91 Å². The summed E-state index contributed by atoms with van der Waals surface area (Å²) in [7, 11) is 0. The van der Waals surface area contributed by atoms with Crippen LogP contribution in [-0.2, 0) is 17.8 Å². The molecule has 1 aliphatic heterocycles. The predicted molar refractivity (Wildman–Crippen MR) is 117 cm³/mol. The van der Waals surface area contributed by atoms with E-state index in [0.717, 1.165) is 56.7 Å². The average molecular weight is 404 g/mol. The number of amides is 1. The van der Waals surface area contributed by atoms with Crippen molar-refractivity contribution in [2.45, 2.75) is 32.2 Å². The van der Waals surface area contributed by atoms with E-state index in [1.54, 1.807) is 6.20 Å². The maximum absolute atomic E-state index is 12.2. The summed E-state index contributed by atoms with van der Waals surface area (Å²) in [4.78, 5) is 18.7. The highest BCUT2D eigenvalue weighted by Gasteiger charge is 2.21. The smallest absolute Gasteiger partial charge is 0.220 e. The summed E-state index contributed by atoms with van der Waals surface area (Å²) in [5.41, 5.74) is 3.42. The third-order valence-corrected chi connectivity index (χ3v) is 5.77. The second kappa shape index (κ2) is 10.2. The van der Waals surface area contributed by atoms with Crippen molar-refractivity contribution in [1.82, 2.24) is 25.0 Å². The fraction of sp³-hybridized carbons (Fsp3) is 0.375. The number of carbonyl (C=O) groups excluding carboxylic acids is 1. The molecule has 2 aromatic heterocycles. The lowest BCUT2D eigenvalue weighted by Gasteiger charge is -2.32. The zero-order valence-electron chi connectivity index (χ0n) is 17.3. The van der Waals surface area contributed by atoms with Gasteiger partial charge in [0.15, 0.2) is 0 Å². The monoisotopic (exact) mass is 403 g/mol. The first kappa shape index (κ1) is 20.3. The second-order valence-electron chi connectivity index (χ2n) is 7.95. The van der Waals surface area contributed by atoms with E-state index in [1.807, 2.05) is 47.4 Å². The number of carbonyl (C=O) groups is 1. The van der Waals surface area contributed by atoms with Gasteiger partial charge in [0.2, 0.25) is 5.91 Å². The second-order valence-corrected chi connectivity index (χ2v) is 7.95. The Kier molecular flexibility index (Phi) is 6.87. The number of aryl methyl sites for hydroxylation is 1. The largest absolute Gasteiger partial charge is 0.356 e. The molecule has 0 atom stereocenters. The Balaban J connectivity index is 1.19. The van der Waals surface area contributed by atoms with Crippen LogP contribution in [0.25, 0.3) is 5.69 Å². The van der Waals surface area contributed by atoms with E-state index in [1.165, 1.54) is 5.69 Å². The maximum atomic E-state index is 12.2. The SMILES string of the molecule is O=C(CCc1cccnc1)NCC1CCN(Cc2ccnn2-c2ccccc2)CC1. The Labute approximate surface area is 177 Å². The minimum Gasteiger partial charge on any atom is -0.356 e. The van der Waals surface area contributed by atoms with Crippen molar-refractivity contribution in [1.29, 1.82) is 0 Å². The molecule has 0 spiro atoms. The van der Waals surface area contributed by atoms with Crippen LogP contribution in [0.1, 0.15) is 30.5 Å². The van der Waals surface area contributed by atoms with E-state index in [4.69, 9.17) is 0 Å². The highest BCUT2D eigenvalue weighted by molar-refractivity contribution is 5.76. The summed E-state index contributed by atoms with van der Waals surface area (Å²) in [5, 5.41) is 7.62. The van der Waals surface area contributed by atoms with Crippen molar-refractivity contribution in [3.05, 3.63) is 78.4 Å². The molecule has 0 aliphatic carbocycles. The van der Waals surface area contributed by atoms with E-state index < -0.39 is 0 Å². The van der Waals surface area contributed by atoms with Crippen LogP contribution in [0, 0.1) is 5.92 Å². The van der Waals surface area contributed by atoms with Crippen molar-refractivity contribution in [3.8, 4) is 5.69 Å². The van der Waals surface area contributed by atoms with Gasteiger partial charge < -0.3 is 5.32 Å². The van der Waals surface area contributed by atoms with Crippen molar-refractivity contribution in [2.75, 3.05) is 19.6 Å². The standard InChI is InChI=1S/C24H29N5O/c30-24(9-8-20-5-4-13-25-17-20)26-18-21-11-15-28(16-12-21)19-23-10-14-27-29(23)22-6-2-1-3-7-22/h1-7,10,13-14,17,21H,8-9,11-12,15-16,18-19H2,(H,26,30). The normalized spacial score (nSPS) is 15.2. The zero-order chi connectivity index (χ0) is 20.6. The van der Waals surface area contributed by atoms with Gasteiger partial charge in [-0.05, 0) is 68.1 Å². The van der Waals surface area contributed by atoms with E-state index >= 15 is 0 Å². The summed E-state index contributed by atoms with van der Waals surface area (Å²) in [6.45, 7) is 3.78. The number of benzene rings is 1. The first-order valence-electron chi connectivity index (χ1n) is 10.7. The molecule has 1 N–H and O–H groups in total. The van der Waals surface area contributed by atoms with Gasteiger partial charge in [0.05, 0.1) is 11.4 Å². The molecule has 1 fully saturated rings. The lowest BCUT2D eigenvalue weighted by atomic mass is 9.96. The number of para-hydroxylation sites is 1. The maximum Gasteiger partial charge on any atom is 0.220 e. The van der Waals surface area contributed by atoms with Gasteiger partial charge in [0.1, 0.15) is 0 Å². The topological polar surface area (TPSA) is 63.1 Å². The number of pyridine rings is 1. The molecule has 30 heavy (non-hydrogen) atoms. The zero-order valence-corrected chi connectivity index (χ0v) is 17.3. The van der Waals surface area contributed by atoms with Gasteiger partial charge in [-0.25, -0.2) is 4.68 Å². The number of rotatable bonds is 8. The van der Waals surface area contributed by atoms with Crippen LogP contribution < -0.4 is 5.32 Å². The van der Waals surface area contributed by atoms with Crippen LogP contribution in [0.3, 0.4) is 0 Å². The van der Waals surface area contributed by atoms with E-state index in [-0.39, 0.29) is 5.91 Å². The number of piperidine rings is 1. The number of hydrogen-bond donors (Lipinski definition) is 1. The van der Waals surface area contributed by atoms with Crippen LogP contribution in [0.4, 0.5) is 0 Å². The molecule has 1 amide bonds. The average Bonchev–Trinajstić information content (AvgIpc) is 3.26. The molecule has 3 aromatic rings. The Morgan fingerprint density at radius 3 is 2.63 bits per heavy atom. The molecule has 6 nitrogen and oxygen atoms in total. The first-order valence-corrected chi connectivity index (χ1v) is 10.7. The Morgan fingerprint density at radius 2 is 1.87 bits per heavy atom. The van der Waals surface area contributed by atoms with Crippen LogP contribution in [-0.4, -0.2) is 45.2 Å². The lowest BCUT2D eigenvalue weighted by molar-refractivity contribution is -0.121. The molecule has 0 unspecified atom stereocenters. The summed E-state index contributed by atoms with van der Waals surface area (Å²) in [6.07, 6.45) is 8.94. The molecule has 0 bridgehead atoms. The molecular formula is C24H29N5O. The Bertz CT molecular complexity index is 917. The Hall–Kier alpha value is -2.99. The minimum absolute atomic E-state index is 0.132. The molecular weight excluding hydrogens is 374 g/mol. The van der Waals surface area contributed by atoms with Crippen LogP contribution >= 0.6 is 0 Å². The fourth-order valence-corrected chi connectivity index (χ4v) is 3.98. The Morgan fingerprint density at radius 1 is 1.03 bits per heavy atom. The molecule has 3 heterocycles. The van der Waals surface area contributed by atoms with Gasteiger partial charge in [0, 0.05) is 38.1 Å². The number of aromatic nitrogens is 3. The van der Waals surface area contributed by atoms with Gasteiger partial charge in [-0.15, -0.1) is 0 Å². The molecule has 0 saturated carbocycles. The minimum atomic E-state index is 0.132. The highest BCUT2D eigenvalue weighted by Crippen LogP contribution is 2.19. The van der Waals surface area contributed by atoms with Gasteiger partial charge >= 0.3 is 0 Å². The lowest BCUT2D eigenvalue weighted by Crippen LogP contribution is -2.38. The number of nitrogens with one attached hydrogen (secondary N) is 1. The quantitative estimate of drug-likeness (QED) is 0.627. The third kappa shape index (κ3) is 5.54. The summed E-state index contributed by atoms with van der Waals surface area (Å²) >= 11 is 0. The van der Waals surface area contributed by atoms with Crippen LogP contribution in [0.5, 0.6) is 0 Å². The van der Waals surface area contributed by atoms with E-state index in [2.05, 4.69) is 38.5 Å². The van der Waals surface area contributed by atoms with Crippen LogP contribution in [0.2, 0.25) is 0 Å². The van der Waals surface area contributed by atoms with E-state index in [0.29, 0.717) is 12.3 Å². The molecule has 1 saturated heterocycles. The molecule has 0 radical (unpaired) electrons. The van der Waals surface area contributed by atoms with Crippen LogP contribution in [0.15, 0.2) is 67.1 Å². The highest BCUT2D eigenvalue weighted by atomic mass is 16.1. The van der Waals surface area contributed by atoms with Gasteiger partial charge in [-0.2, -0.15) is 5.10 Å². The predicted octanol–water partition coefficient (Wildman–Crippen LogP) is 3.23. The summed E-state index contributed by atoms with van der Waals surface area (Å²) in [5.74, 6) is 0.690. The van der Waals surface area contributed by atoms with Crippen molar-refractivity contribution < 1.29 is 4.79 Å². The molecule has 1 aromatic carbocycles. The number of likely N-dealkylation sites (tertiary alicyclic amines) is 1. The molecule has 1 aliphatic rings. The summed E-state index contributed by atoms with van der Waals surface area (Å²) in [6, 6.07) is 16.3. The molecule has 6 heteroatoms. The summed E-state index contributed by atoms with van der Waals surface area (Å²) < 4.78 is 2.02. The molecule has 4 rings (SSSR count). The fourth-order valence-electron chi connectivity index (χ4n) is 3.98. The molecule has 156 valence electrons. The van der Waals surface area contributed by atoms with Crippen molar-refractivity contribution in [2.24, 2.45) is 5.92 Å². The number of nitrogens with zero attached hydrogens (tertiary/aromatic N) is 4. The number of hydrogen-bond acceptors (Lipinski definition) is 4. The van der Waals surface area contributed by atoms with E-state index in [9.17, 15) is 4.79 Å².